The number of rotatable bonds is 2. The molecule has 0 aliphatic carbocycles. The number of hydrogen-bond acceptors (Lipinski definition) is 3. The van der Waals surface area contributed by atoms with Crippen LogP contribution in [0.4, 0.5) is 0 Å². The average molecular weight is 254 g/mol. The molecule has 1 aliphatic heterocycles. The number of piperidine rings is 1. The van der Waals surface area contributed by atoms with E-state index in [4.69, 9.17) is 16.3 Å². The number of carbonyl (C=O) groups is 1. The number of esters is 1. The van der Waals surface area contributed by atoms with Gasteiger partial charge in [-0.25, -0.2) is 0 Å². The Morgan fingerprint density at radius 1 is 1.53 bits per heavy atom. The van der Waals surface area contributed by atoms with Gasteiger partial charge in [-0.05, 0) is 37.1 Å². The van der Waals surface area contributed by atoms with Gasteiger partial charge in [0.25, 0.3) is 0 Å². The fourth-order valence-corrected chi connectivity index (χ4v) is 2.47. The van der Waals surface area contributed by atoms with Crippen molar-refractivity contribution in [1.29, 1.82) is 0 Å². The van der Waals surface area contributed by atoms with Crippen LogP contribution in [0.5, 0.6) is 0 Å². The minimum Gasteiger partial charge on any atom is -0.469 e. The third-order valence-electron chi connectivity index (χ3n) is 3.19. The summed E-state index contributed by atoms with van der Waals surface area (Å²) in [6.07, 6.45) is 1.61. The van der Waals surface area contributed by atoms with Gasteiger partial charge in [0.1, 0.15) is 0 Å². The lowest BCUT2D eigenvalue weighted by Gasteiger charge is -2.29. The van der Waals surface area contributed by atoms with Crippen molar-refractivity contribution in [2.75, 3.05) is 13.7 Å². The van der Waals surface area contributed by atoms with E-state index >= 15 is 0 Å². The maximum Gasteiger partial charge on any atom is 0.308 e. The van der Waals surface area contributed by atoms with Crippen molar-refractivity contribution >= 4 is 17.6 Å². The molecule has 3 nitrogen and oxygen atoms in total. The number of carbonyl (C=O) groups excluding carboxylic acids is 1. The molecule has 0 bridgehead atoms. The Balaban J connectivity index is 2.09. The highest BCUT2D eigenvalue weighted by molar-refractivity contribution is 6.30. The van der Waals surface area contributed by atoms with Gasteiger partial charge in [0.2, 0.25) is 0 Å². The van der Waals surface area contributed by atoms with Gasteiger partial charge in [-0.3, -0.25) is 4.79 Å². The van der Waals surface area contributed by atoms with Crippen molar-refractivity contribution in [2.24, 2.45) is 5.92 Å². The van der Waals surface area contributed by atoms with E-state index in [1.165, 1.54) is 7.11 Å². The molecule has 4 heteroatoms. The quantitative estimate of drug-likeness (QED) is 0.824. The van der Waals surface area contributed by atoms with Gasteiger partial charge in [0.15, 0.2) is 0 Å². The molecule has 1 N–H and O–H groups in total. The number of benzene rings is 1. The summed E-state index contributed by atoms with van der Waals surface area (Å²) in [5.74, 6) is -0.122. The van der Waals surface area contributed by atoms with Crippen molar-refractivity contribution < 1.29 is 9.53 Å². The molecule has 1 fully saturated rings. The largest absolute Gasteiger partial charge is 0.469 e. The monoisotopic (exact) mass is 253 g/mol. The van der Waals surface area contributed by atoms with Crippen LogP contribution in [0, 0.1) is 5.92 Å². The number of halogens is 1. The molecule has 1 aromatic carbocycles. The van der Waals surface area contributed by atoms with Crippen LogP contribution >= 0.6 is 11.6 Å². The summed E-state index contributed by atoms with van der Waals surface area (Å²) in [6.45, 7) is 0.830. The molecule has 0 amide bonds. The second kappa shape index (κ2) is 5.52. The van der Waals surface area contributed by atoms with Crippen LogP contribution in [0.25, 0.3) is 0 Å². The summed E-state index contributed by atoms with van der Waals surface area (Å²) in [5.41, 5.74) is 1.13. The molecular weight excluding hydrogens is 238 g/mol. The van der Waals surface area contributed by atoms with E-state index in [9.17, 15) is 4.79 Å². The average Bonchev–Trinajstić information content (AvgIpc) is 2.38. The summed E-state index contributed by atoms with van der Waals surface area (Å²) in [4.78, 5) is 11.5. The third-order valence-corrected chi connectivity index (χ3v) is 3.42. The highest BCUT2D eigenvalue weighted by Crippen LogP contribution is 2.29. The van der Waals surface area contributed by atoms with Crippen molar-refractivity contribution in [3.8, 4) is 0 Å². The van der Waals surface area contributed by atoms with Gasteiger partial charge < -0.3 is 10.1 Å². The summed E-state index contributed by atoms with van der Waals surface area (Å²) >= 11 is 5.97. The zero-order valence-corrected chi connectivity index (χ0v) is 10.5. The Kier molecular flexibility index (Phi) is 4.02. The number of hydrogen-bond donors (Lipinski definition) is 1. The summed E-state index contributed by atoms with van der Waals surface area (Å²) in [6, 6.07) is 7.95. The van der Waals surface area contributed by atoms with E-state index in [2.05, 4.69) is 5.32 Å². The van der Waals surface area contributed by atoms with Gasteiger partial charge in [-0.1, -0.05) is 23.7 Å². The van der Waals surface area contributed by atoms with Crippen LogP contribution in [-0.4, -0.2) is 19.6 Å². The molecule has 0 saturated carbocycles. The van der Waals surface area contributed by atoms with Crippen LogP contribution in [0.1, 0.15) is 24.4 Å². The zero-order valence-electron chi connectivity index (χ0n) is 9.78. The Labute approximate surface area is 106 Å². The zero-order chi connectivity index (χ0) is 12.3. The molecule has 92 valence electrons. The van der Waals surface area contributed by atoms with Crippen LogP contribution in [0.2, 0.25) is 5.02 Å². The minimum absolute atomic E-state index is 0.00904. The first kappa shape index (κ1) is 12.4. The fraction of sp³-hybridized carbons (Fsp3) is 0.462. The standard InChI is InChI=1S/C13H16ClNO2/c1-17-13(16)10-5-6-15-12(8-10)9-3-2-4-11(14)7-9/h2-4,7,10,12,15H,5-6,8H2,1H3/t10-,12+/m1/s1. The van der Waals surface area contributed by atoms with Gasteiger partial charge >= 0.3 is 5.97 Å². The Morgan fingerprint density at radius 3 is 3.06 bits per heavy atom. The normalized spacial score (nSPS) is 24.4. The first-order chi connectivity index (χ1) is 8.20. The van der Waals surface area contributed by atoms with Gasteiger partial charge in [-0.2, -0.15) is 0 Å². The maximum atomic E-state index is 11.5. The molecule has 0 radical (unpaired) electrons. The second-order valence-electron chi connectivity index (χ2n) is 4.31. The molecule has 0 unspecified atom stereocenters. The first-order valence-electron chi connectivity index (χ1n) is 5.77. The molecular formula is C13H16ClNO2. The topological polar surface area (TPSA) is 38.3 Å². The van der Waals surface area contributed by atoms with Crippen LogP contribution in [-0.2, 0) is 9.53 Å². The SMILES string of the molecule is COC(=O)[C@@H]1CCN[C@H](c2cccc(Cl)c2)C1. The van der Waals surface area contributed by atoms with Gasteiger partial charge in [0.05, 0.1) is 13.0 Å². The van der Waals surface area contributed by atoms with Crippen molar-refractivity contribution in [1.82, 2.24) is 5.32 Å². The van der Waals surface area contributed by atoms with E-state index in [1.807, 2.05) is 24.3 Å². The predicted octanol–water partition coefficient (Wildman–Crippen LogP) is 2.55. The van der Waals surface area contributed by atoms with E-state index in [-0.39, 0.29) is 17.9 Å². The lowest BCUT2D eigenvalue weighted by Crippen LogP contribution is -2.35. The number of methoxy groups -OCH3 is 1. The van der Waals surface area contributed by atoms with E-state index in [0.29, 0.717) is 0 Å². The molecule has 2 atom stereocenters. The molecule has 2 rings (SSSR count). The number of ether oxygens (including phenoxy) is 1. The van der Waals surface area contributed by atoms with Crippen LogP contribution < -0.4 is 5.32 Å². The molecule has 17 heavy (non-hydrogen) atoms. The lowest BCUT2D eigenvalue weighted by atomic mass is 9.89. The summed E-state index contributed by atoms with van der Waals surface area (Å²) in [7, 11) is 1.44. The molecule has 1 aliphatic rings. The molecule has 0 spiro atoms. The van der Waals surface area contributed by atoms with Crippen molar-refractivity contribution in [3.05, 3.63) is 34.9 Å². The molecule has 0 aromatic heterocycles. The Bertz CT molecular complexity index is 408. The van der Waals surface area contributed by atoms with E-state index < -0.39 is 0 Å². The first-order valence-corrected chi connectivity index (χ1v) is 6.15. The van der Waals surface area contributed by atoms with Gasteiger partial charge in [-0.15, -0.1) is 0 Å². The third kappa shape index (κ3) is 2.99. The smallest absolute Gasteiger partial charge is 0.308 e. The Hall–Kier alpha value is -1.06. The molecule has 1 heterocycles. The maximum absolute atomic E-state index is 11.5. The van der Waals surface area contributed by atoms with Crippen molar-refractivity contribution in [3.63, 3.8) is 0 Å². The predicted molar refractivity (Wildman–Crippen MR) is 66.9 cm³/mol. The highest BCUT2D eigenvalue weighted by atomic mass is 35.5. The Morgan fingerprint density at radius 2 is 2.35 bits per heavy atom. The molecule has 1 saturated heterocycles. The van der Waals surface area contributed by atoms with Crippen LogP contribution in [0.3, 0.4) is 0 Å². The minimum atomic E-state index is -0.112. The fourth-order valence-electron chi connectivity index (χ4n) is 2.28. The summed E-state index contributed by atoms with van der Waals surface area (Å²) in [5, 5.41) is 4.13. The van der Waals surface area contributed by atoms with Gasteiger partial charge in [0, 0.05) is 11.1 Å². The number of nitrogens with one attached hydrogen (secondary N) is 1. The van der Waals surface area contributed by atoms with E-state index in [0.717, 1.165) is 30.0 Å². The summed E-state index contributed by atoms with van der Waals surface area (Å²) < 4.78 is 4.80. The lowest BCUT2D eigenvalue weighted by molar-refractivity contribution is -0.146. The second-order valence-corrected chi connectivity index (χ2v) is 4.74. The van der Waals surface area contributed by atoms with Crippen LogP contribution in [0.15, 0.2) is 24.3 Å². The molecule has 1 aromatic rings. The highest BCUT2D eigenvalue weighted by Gasteiger charge is 2.28. The van der Waals surface area contributed by atoms with Crippen molar-refractivity contribution in [2.45, 2.75) is 18.9 Å². The van der Waals surface area contributed by atoms with E-state index in [1.54, 1.807) is 0 Å².